The molecule has 0 radical (unpaired) electrons. The average Bonchev–Trinajstić information content (AvgIpc) is 3.21. The zero-order valence-corrected chi connectivity index (χ0v) is 20.7. The smallest absolute Gasteiger partial charge is 0.410 e. The summed E-state index contributed by atoms with van der Waals surface area (Å²) in [6, 6.07) is 6.53. The van der Waals surface area contributed by atoms with Crippen LogP contribution in [0.5, 0.6) is 0 Å². The van der Waals surface area contributed by atoms with Crippen LogP contribution in [-0.4, -0.2) is 82.6 Å². The van der Waals surface area contributed by atoms with Crippen LogP contribution in [0.15, 0.2) is 24.4 Å². The average molecular weight is 455 g/mol. The molecule has 0 atom stereocenters. The molecule has 2 saturated heterocycles. The van der Waals surface area contributed by atoms with Gasteiger partial charge in [0.05, 0.1) is 0 Å². The Hall–Kier alpha value is -2.54. The van der Waals surface area contributed by atoms with Crippen LogP contribution in [0.2, 0.25) is 0 Å². The van der Waals surface area contributed by atoms with Gasteiger partial charge in [-0.05, 0) is 77.1 Å². The number of carbonyl (C=O) groups excluding carboxylic acids is 2. The maximum Gasteiger partial charge on any atom is 0.410 e. The highest BCUT2D eigenvalue weighted by Gasteiger charge is 2.29. The number of benzene rings is 1. The van der Waals surface area contributed by atoms with E-state index in [1.807, 2.05) is 42.7 Å². The molecule has 1 N–H and O–H groups in total. The van der Waals surface area contributed by atoms with Crippen LogP contribution in [0.4, 0.5) is 4.79 Å². The summed E-state index contributed by atoms with van der Waals surface area (Å²) in [5, 5.41) is 1.12. The SMILES string of the molecule is CC(C)N1CCN(C(=O)c2ccc3[nH]cc(C4CCN(C(=O)OC(C)(C)C)CC4)c3c2)CC1. The number of nitrogens with zero attached hydrogens (tertiary/aromatic N) is 3. The summed E-state index contributed by atoms with van der Waals surface area (Å²) in [5.41, 5.74) is 2.58. The summed E-state index contributed by atoms with van der Waals surface area (Å²) >= 11 is 0. The number of hydrogen-bond acceptors (Lipinski definition) is 4. The number of piperidine rings is 1. The quantitative estimate of drug-likeness (QED) is 0.744. The predicted octanol–water partition coefficient (Wildman–Crippen LogP) is 4.45. The Bertz CT molecular complexity index is 991. The second-order valence-electron chi connectivity index (χ2n) is 10.7. The Morgan fingerprint density at radius 1 is 1.00 bits per heavy atom. The lowest BCUT2D eigenvalue weighted by molar-refractivity contribution is 0.0205. The van der Waals surface area contributed by atoms with Crippen LogP contribution < -0.4 is 0 Å². The van der Waals surface area contributed by atoms with Gasteiger partial charge in [0, 0.05) is 68.0 Å². The van der Waals surface area contributed by atoms with E-state index in [0.717, 1.165) is 55.5 Å². The van der Waals surface area contributed by atoms with E-state index >= 15 is 0 Å². The van der Waals surface area contributed by atoms with Gasteiger partial charge in [0.2, 0.25) is 0 Å². The number of hydrogen-bond donors (Lipinski definition) is 1. The van der Waals surface area contributed by atoms with Crippen molar-refractivity contribution in [3.05, 3.63) is 35.5 Å². The molecule has 0 saturated carbocycles. The van der Waals surface area contributed by atoms with E-state index in [2.05, 4.69) is 36.0 Å². The van der Waals surface area contributed by atoms with Crippen LogP contribution in [0.1, 0.15) is 69.3 Å². The minimum Gasteiger partial charge on any atom is -0.444 e. The molecule has 2 aliphatic rings. The zero-order valence-electron chi connectivity index (χ0n) is 20.7. The molecule has 1 aromatic heterocycles. The third kappa shape index (κ3) is 5.35. The summed E-state index contributed by atoms with van der Waals surface area (Å²) in [6.45, 7) is 14.9. The molecule has 0 spiro atoms. The standard InChI is InChI=1S/C26H38N4O3/c1-18(2)28-12-14-29(15-13-28)24(31)20-6-7-23-21(16-20)22(17-27-23)19-8-10-30(11-9-19)25(32)33-26(3,4)5/h6-7,16-19,27H,8-15H2,1-5H3. The van der Waals surface area contributed by atoms with Crippen LogP contribution in [0.25, 0.3) is 10.9 Å². The van der Waals surface area contributed by atoms with Crippen molar-refractivity contribution in [2.45, 2.75) is 65.0 Å². The Morgan fingerprint density at radius 2 is 1.67 bits per heavy atom. The van der Waals surface area contributed by atoms with Crippen molar-refractivity contribution >= 4 is 22.9 Å². The number of ether oxygens (including phenoxy) is 1. The monoisotopic (exact) mass is 454 g/mol. The summed E-state index contributed by atoms with van der Waals surface area (Å²) in [7, 11) is 0. The molecule has 0 aliphatic carbocycles. The van der Waals surface area contributed by atoms with E-state index in [1.165, 1.54) is 5.56 Å². The number of amides is 2. The lowest BCUT2D eigenvalue weighted by atomic mass is 9.89. The van der Waals surface area contributed by atoms with Gasteiger partial charge in [0.1, 0.15) is 5.60 Å². The summed E-state index contributed by atoms with van der Waals surface area (Å²) in [4.78, 5) is 35.2. The molecule has 1 aromatic carbocycles. The highest BCUT2D eigenvalue weighted by molar-refractivity contribution is 5.99. The van der Waals surface area contributed by atoms with E-state index in [1.54, 1.807) is 0 Å². The Balaban J connectivity index is 1.44. The number of nitrogens with one attached hydrogen (secondary N) is 1. The fourth-order valence-electron chi connectivity index (χ4n) is 4.94. The molecule has 2 fully saturated rings. The van der Waals surface area contributed by atoms with Gasteiger partial charge >= 0.3 is 6.09 Å². The van der Waals surface area contributed by atoms with Crippen molar-refractivity contribution in [1.29, 1.82) is 0 Å². The van der Waals surface area contributed by atoms with Gasteiger partial charge < -0.3 is 19.5 Å². The summed E-state index contributed by atoms with van der Waals surface area (Å²) in [5.74, 6) is 0.476. The zero-order chi connectivity index (χ0) is 23.8. The number of rotatable bonds is 3. The molecule has 7 nitrogen and oxygen atoms in total. The van der Waals surface area contributed by atoms with Crippen LogP contribution in [-0.2, 0) is 4.74 Å². The van der Waals surface area contributed by atoms with Crippen molar-refractivity contribution in [2.75, 3.05) is 39.3 Å². The first-order valence-electron chi connectivity index (χ1n) is 12.2. The lowest BCUT2D eigenvalue weighted by Crippen LogP contribution is -2.50. The maximum atomic E-state index is 13.2. The second kappa shape index (κ2) is 9.37. The van der Waals surface area contributed by atoms with Gasteiger partial charge in [-0.1, -0.05) is 0 Å². The molecule has 180 valence electrons. The van der Waals surface area contributed by atoms with Gasteiger partial charge in [-0.25, -0.2) is 4.79 Å². The molecule has 33 heavy (non-hydrogen) atoms. The number of carbonyl (C=O) groups is 2. The summed E-state index contributed by atoms with van der Waals surface area (Å²) in [6.07, 6.45) is 3.63. The number of aromatic amines is 1. The number of H-pyrrole nitrogens is 1. The highest BCUT2D eigenvalue weighted by atomic mass is 16.6. The fourth-order valence-corrected chi connectivity index (χ4v) is 4.94. The maximum absolute atomic E-state index is 13.2. The summed E-state index contributed by atoms with van der Waals surface area (Å²) < 4.78 is 5.53. The van der Waals surface area contributed by atoms with E-state index in [9.17, 15) is 9.59 Å². The van der Waals surface area contributed by atoms with E-state index in [4.69, 9.17) is 4.74 Å². The molecule has 7 heteroatoms. The molecule has 2 aliphatic heterocycles. The molecule has 3 heterocycles. The van der Waals surface area contributed by atoms with E-state index in [-0.39, 0.29) is 12.0 Å². The third-order valence-corrected chi connectivity index (χ3v) is 6.88. The van der Waals surface area contributed by atoms with Crippen molar-refractivity contribution in [3.8, 4) is 0 Å². The molecule has 0 bridgehead atoms. The molecular formula is C26H38N4O3. The molecule has 4 rings (SSSR count). The normalized spacial score (nSPS) is 18.8. The van der Waals surface area contributed by atoms with Crippen LogP contribution in [0, 0.1) is 0 Å². The van der Waals surface area contributed by atoms with Gasteiger partial charge in [0.15, 0.2) is 0 Å². The molecule has 2 aromatic rings. The van der Waals surface area contributed by atoms with Crippen molar-refractivity contribution in [3.63, 3.8) is 0 Å². The molecule has 2 amide bonds. The van der Waals surface area contributed by atoms with Crippen LogP contribution >= 0.6 is 0 Å². The van der Waals surface area contributed by atoms with Crippen molar-refractivity contribution in [2.24, 2.45) is 0 Å². The Kier molecular flexibility index (Phi) is 6.71. The number of likely N-dealkylation sites (tertiary alicyclic amines) is 1. The Morgan fingerprint density at radius 3 is 2.27 bits per heavy atom. The minimum absolute atomic E-state index is 0.118. The minimum atomic E-state index is -0.477. The first-order chi connectivity index (χ1) is 15.6. The first kappa shape index (κ1) is 23.6. The van der Waals surface area contributed by atoms with Crippen LogP contribution in [0.3, 0.4) is 0 Å². The third-order valence-electron chi connectivity index (χ3n) is 6.88. The number of piperazine rings is 1. The predicted molar refractivity (Wildman–Crippen MR) is 131 cm³/mol. The number of aromatic nitrogens is 1. The van der Waals surface area contributed by atoms with E-state index in [0.29, 0.717) is 25.0 Å². The molecule has 0 unspecified atom stereocenters. The topological polar surface area (TPSA) is 68.9 Å². The largest absolute Gasteiger partial charge is 0.444 e. The van der Waals surface area contributed by atoms with E-state index < -0.39 is 5.60 Å². The Labute approximate surface area is 197 Å². The van der Waals surface area contributed by atoms with Gasteiger partial charge in [0.25, 0.3) is 5.91 Å². The van der Waals surface area contributed by atoms with Crippen molar-refractivity contribution in [1.82, 2.24) is 19.7 Å². The lowest BCUT2D eigenvalue weighted by Gasteiger charge is -2.37. The van der Waals surface area contributed by atoms with Gasteiger partial charge in [-0.3, -0.25) is 9.69 Å². The van der Waals surface area contributed by atoms with Gasteiger partial charge in [-0.2, -0.15) is 0 Å². The molecular weight excluding hydrogens is 416 g/mol. The first-order valence-corrected chi connectivity index (χ1v) is 12.2. The number of fused-ring (bicyclic) bond motifs is 1. The second-order valence-corrected chi connectivity index (χ2v) is 10.7. The van der Waals surface area contributed by atoms with Gasteiger partial charge in [-0.15, -0.1) is 0 Å². The highest BCUT2D eigenvalue weighted by Crippen LogP contribution is 2.34. The van der Waals surface area contributed by atoms with Crippen molar-refractivity contribution < 1.29 is 14.3 Å². The fraction of sp³-hybridized carbons (Fsp3) is 0.615.